The van der Waals surface area contributed by atoms with Gasteiger partial charge in [-0.25, -0.2) is 0 Å². The molecule has 0 nitrogen and oxygen atoms in total. The second-order valence-corrected chi connectivity index (χ2v) is 12.8. The smallest absolute Gasteiger partial charge is 0.00851 e. The third-order valence-electron chi connectivity index (χ3n) is 11.0. The summed E-state index contributed by atoms with van der Waals surface area (Å²) >= 11 is 0. The van der Waals surface area contributed by atoms with E-state index in [0.29, 0.717) is 10.8 Å². The van der Waals surface area contributed by atoms with Gasteiger partial charge >= 0.3 is 0 Å². The Morgan fingerprint density at radius 3 is 2.48 bits per heavy atom. The van der Waals surface area contributed by atoms with Crippen LogP contribution in [-0.4, -0.2) is 0 Å². The molecule has 0 heterocycles. The molecule has 8 atom stereocenters. The Kier molecular flexibility index (Phi) is 6.32. The summed E-state index contributed by atoms with van der Waals surface area (Å²) in [5.41, 5.74) is 3.08. The molecule has 0 amide bonds. The highest BCUT2D eigenvalue weighted by atomic mass is 14.6. The van der Waals surface area contributed by atoms with Crippen molar-refractivity contribution in [3.05, 3.63) is 11.6 Å². The lowest BCUT2D eigenvalue weighted by Crippen LogP contribution is -2.50. The number of rotatable bonds is 6. The first-order valence-electron chi connectivity index (χ1n) is 13.5. The van der Waals surface area contributed by atoms with Crippen molar-refractivity contribution in [3.8, 4) is 0 Å². The third-order valence-corrected chi connectivity index (χ3v) is 11.0. The lowest BCUT2D eigenvalue weighted by atomic mass is 9.46. The van der Waals surface area contributed by atoms with E-state index in [-0.39, 0.29) is 0 Å². The Labute approximate surface area is 182 Å². The standard InChI is InChI=1S/C29H50/c1-7-22-15-17-28(5)23(19-22)11-12-24-26-14-13-25(21(4)10-8-9-20(2)3)29(26,6)18-16-27(24)28/h11,20-22,24-27H,7-10,12-19H2,1-6H3/t21-,22+,24?,25?,26?,27?,28+,29-/m1/s1. The zero-order valence-electron chi connectivity index (χ0n) is 20.6. The highest BCUT2D eigenvalue weighted by Crippen LogP contribution is 2.67. The van der Waals surface area contributed by atoms with Gasteiger partial charge in [0.05, 0.1) is 0 Å². The van der Waals surface area contributed by atoms with E-state index in [1.807, 2.05) is 5.57 Å². The number of hydrogen-bond acceptors (Lipinski definition) is 0. The van der Waals surface area contributed by atoms with Crippen LogP contribution in [-0.2, 0) is 0 Å². The molecule has 0 heteroatoms. The van der Waals surface area contributed by atoms with Crippen molar-refractivity contribution in [2.45, 2.75) is 119 Å². The summed E-state index contributed by atoms with van der Waals surface area (Å²) in [5.74, 6) is 6.78. The van der Waals surface area contributed by atoms with Crippen molar-refractivity contribution >= 4 is 0 Å². The largest absolute Gasteiger partial charge is 0.0845 e. The summed E-state index contributed by atoms with van der Waals surface area (Å²) in [5, 5.41) is 0. The lowest BCUT2D eigenvalue weighted by molar-refractivity contribution is -0.0528. The molecule has 0 spiro atoms. The van der Waals surface area contributed by atoms with Gasteiger partial charge in [0.1, 0.15) is 0 Å². The minimum absolute atomic E-state index is 0.552. The van der Waals surface area contributed by atoms with Gasteiger partial charge in [0.2, 0.25) is 0 Å². The van der Waals surface area contributed by atoms with Crippen molar-refractivity contribution in [1.29, 1.82) is 0 Å². The summed E-state index contributed by atoms with van der Waals surface area (Å²) in [6, 6.07) is 0. The van der Waals surface area contributed by atoms with E-state index in [1.54, 1.807) is 0 Å². The van der Waals surface area contributed by atoms with Gasteiger partial charge in [-0.3, -0.25) is 0 Å². The van der Waals surface area contributed by atoms with E-state index >= 15 is 0 Å². The first-order valence-corrected chi connectivity index (χ1v) is 13.5. The van der Waals surface area contributed by atoms with E-state index in [0.717, 1.165) is 41.4 Å². The van der Waals surface area contributed by atoms with Gasteiger partial charge in [-0.1, -0.05) is 78.9 Å². The average Bonchev–Trinajstić information content (AvgIpc) is 3.04. The molecule has 0 N–H and O–H groups in total. The second-order valence-electron chi connectivity index (χ2n) is 12.8. The molecule has 29 heavy (non-hydrogen) atoms. The highest BCUT2D eigenvalue weighted by Gasteiger charge is 2.58. The molecule has 0 aliphatic heterocycles. The maximum Gasteiger partial charge on any atom is -0.00851 e. The molecule has 4 aliphatic carbocycles. The summed E-state index contributed by atoms with van der Waals surface area (Å²) < 4.78 is 0. The van der Waals surface area contributed by atoms with Gasteiger partial charge in [0.25, 0.3) is 0 Å². The van der Waals surface area contributed by atoms with Crippen LogP contribution in [0.4, 0.5) is 0 Å². The van der Waals surface area contributed by atoms with Crippen molar-refractivity contribution in [2.75, 3.05) is 0 Å². The molecule has 0 saturated heterocycles. The molecule has 4 aliphatic rings. The van der Waals surface area contributed by atoms with E-state index in [9.17, 15) is 0 Å². The van der Waals surface area contributed by atoms with Crippen LogP contribution in [0.5, 0.6) is 0 Å². The van der Waals surface area contributed by atoms with E-state index < -0.39 is 0 Å². The monoisotopic (exact) mass is 398 g/mol. The second kappa shape index (κ2) is 8.35. The zero-order chi connectivity index (χ0) is 20.8. The molecule has 0 aromatic rings. The molecule has 4 rings (SSSR count). The molecular formula is C29H50. The minimum atomic E-state index is 0.552. The lowest BCUT2D eigenvalue weighted by Gasteiger charge is -2.58. The molecule has 166 valence electrons. The molecule has 4 unspecified atom stereocenters. The predicted octanol–water partition coefficient (Wildman–Crippen LogP) is 9.05. The Morgan fingerprint density at radius 2 is 1.76 bits per heavy atom. The third kappa shape index (κ3) is 3.78. The summed E-state index contributed by atoms with van der Waals surface area (Å²) in [6.07, 6.45) is 20.4. The Bertz CT molecular complexity index is 599. The van der Waals surface area contributed by atoms with Gasteiger partial charge in [0.15, 0.2) is 0 Å². The average molecular weight is 399 g/mol. The van der Waals surface area contributed by atoms with E-state index in [4.69, 9.17) is 0 Å². The molecule has 0 aromatic carbocycles. The molecule has 3 fully saturated rings. The van der Waals surface area contributed by atoms with Crippen LogP contribution >= 0.6 is 0 Å². The van der Waals surface area contributed by atoms with Crippen LogP contribution < -0.4 is 0 Å². The van der Waals surface area contributed by atoms with Gasteiger partial charge in [-0.15, -0.1) is 0 Å². The number of allylic oxidation sites excluding steroid dienone is 2. The molecule has 0 radical (unpaired) electrons. The van der Waals surface area contributed by atoms with Crippen LogP contribution in [0.15, 0.2) is 11.6 Å². The van der Waals surface area contributed by atoms with Crippen LogP contribution in [0, 0.1) is 52.3 Å². The fourth-order valence-corrected chi connectivity index (χ4v) is 9.11. The SMILES string of the molecule is CC[C@H]1CC[C@@]2(C)C(=CCC3C4CCC([C@H](C)CCCC(C)C)[C@@]4(C)CCC32)C1. The minimum Gasteiger partial charge on any atom is -0.0845 e. The van der Waals surface area contributed by atoms with Gasteiger partial charge in [0, 0.05) is 0 Å². The Morgan fingerprint density at radius 1 is 0.966 bits per heavy atom. The topological polar surface area (TPSA) is 0 Å². The van der Waals surface area contributed by atoms with Crippen molar-refractivity contribution in [3.63, 3.8) is 0 Å². The maximum atomic E-state index is 2.77. The van der Waals surface area contributed by atoms with Crippen molar-refractivity contribution < 1.29 is 0 Å². The molecule has 0 bridgehead atoms. The van der Waals surface area contributed by atoms with E-state index in [1.165, 1.54) is 77.0 Å². The van der Waals surface area contributed by atoms with Crippen molar-refractivity contribution in [2.24, 2.45) is 52.3 Å². The first kappa shape index (κ1) is 22.0. The van der Waals surface area contributed by atoms with Gasteiger partial charge in [-0.05, 0) is 104 Å². The number of hydrogen-bond donors (Lipinski definition) is 0. The van der Waals surface area contributed by atoms with Crippen LogP contribution in [0.3, 0.4) is 0 Å². The fourth-order valence-electron chi connectivity index (χ4n) is 9.11. The quantitative estimate of drug-likeness (QED) is 0.391. The normalized spacial score (nSPS) is 45.3. The summed E-state index contributed by atoms with van der Waals surface area (Å²) in [7, 11) is 0. The molecule has 0 aromatic heterocycles. The molecular weight excluding hydrogens is 348 g/mol. The highest BCUT2D eigenvalue weighted by molar-refractivity contribution is 5.25. The summed E-state index contributed by atoms with van der Waals surface area (Å²) in [6.45, 7) is 15.2. The number of fused-ring (bicyclic) bond motifs is 5. The molecule has 3 saturated carbocycles. The first-order chi connectivity index (χ1) is 13.8. The predicted molar refractivity (Wildman–Crippen MR) is 127 cm³/mol. The van der Waals surface area contributed by atoms with Gasteiger partial charge in [-0.2, -0.15) is 0 Å². The summed E-state index contributed by atoms with van der Waals surface area (Å²) in [4.78, 5) is 0. The van der Waals surface area contributed by atoms with Crippen LogP contribution in [0.25, 0.3) is 0 Å². The maximum absolute atomic E-state index is 2.77. The van der Waals surface area contributed by atoms with Crippen molar-refractivity contribution in [1.82, 2.24) is 0 Å². The Hall–Kier alpha value is -0.260. The fraction of sp³-hybridized carbons (Fsp3) is 0.931. The Balaban J connectivity index is 1.48. The van der Waals surface area contributed by atoms with E-state index in [2.05, 4.69) is 47.6 Å². The van der Waals surface area contributed by atoms with Gasteiger partial charge < -0.3 is 0 Å². The van der Waals surface area contributed by atoms with Crippen LogP contribution in [0.2, 0.25) is 0 Å². The zero-order valence-corrected chi connectivity index (χ0v) is 20.6. The van der Waals surface area contributed by atoms with Crippen LogP contribution in [0.1, 0.15) is 119 Å².